The van der Waals surface area contributed by atoms with Gasteiger partial charge in [-0.1, -0.05) is 19.8 Å². The summed E-state index contributed by atoms with van der Waals surface area (Å²) in [5.74, 6) is 0.329. The second-order valence-corrected chi connectivity index (χ2v) is 1.56. The zero-order chi connectivity index (χ0) is 4.28. The Labute approximate surface area is 81.6 Å². The molecule has 0 atom stereocenters. The molecule has 0 spiro atoms. The summed E-state index contributed by atoms with van der Waals surface area (Å²) in [5, 5.41) is 9.63. The third-order valence-electron chi connectivity index (χ3n) is 0.333. The predicted molar refractivity (Wildman–Crippen MR) is 19.7 cm³/mol. The van der Waals surface area contributed by atoms with Crippen molar-refractivity contribution in [3.05, 3.63) is 0 Å². The Balaban J connectivity index is 0. The van der Waals surface area contributed by atoms with Crippen LogP contribution < -0.4 is 56.5 Å². The van der Waals surface area contributed by atoms with E-state index in [1.165, 1.54) is 0 Å². The van der Waals surface area contributed by atoms with Crippen LogP contribution in [0.25, 0.3) is 0 Å². The summed E-state index contributed by atoms with van der Waals surface area (Å²) >= 11 is 0. The van der Waals surface area contributed by atoms with Gasteiger partial charge in [0.1, 0.15) is 0 Å². The molecule has 0 saturated carbocycles. The quantitative estimate of drug-likeness (QED) is 0.332. The van der Waals surface area contributed by atoms with Crippen molar-refractivity contribution in [1.82, 2.24) is 0 Å². The molecule has 2 heteroatoms. The summed E-state index contributed by atoms with van der Waals surface area (Å²) in [6.45, 7) is 3.88. The van der Waals surface area contributed by atoms with Crippen molar-refractivity contribution in [2.75, 3.05) is 6.61 Å². The van der Waals surface area contributed by atoms with E-state index in [2.05, 4.69) is 0 Å². The SMILES string of the molecule is CC(C)C[O-].[K+]. The van der Waals surface area contributed by atoms with Gasteiger partial charge < -0.3 is 5.11 Å². The minimum absolute atomic E-state index is 0. The Morgan fingerprint density at radius 3 is 1.67 bits per heavy atom. The van der Waals surface area contributed by atoms with Gasteiger partial charge in [0.2, 0.25) is 0 Å². The molecule has 0 aromatic heterocycles. The molecule has 0 aliphatic heterocycles. The van der Waals surface area contributed by atoms with Crippen molar-refractivity contribution in [2.24, 2.45) is 5.92 Å². The Kier molecular flexibility index (Phi) is 11.6. The monoisotopic (exact) mass is 112 g/mol. The smallest absolute Gasteiger partial charge is 0.854 e. The van der Waals surface area contributed by atoms with Gasteiger partial charge in [0.05, 0.1) is 0 Å². The van der Waals surface area contributed by atoms with Crippen LogP contribution in [0.5, 0.6) is 0 Å². The number of hydrogen-bond donors (Lipinski definition) is 0. The fraction of sp³-hybridized carbons (Fsp3) is 1.00. The zero-order valence-electron chi connectivity index (χ0n) is 4.69. The molecule has 0 saturated heterocycles. The molecule has 32 valence electrons. The van der Waals surface area contributed by atoms with Gasteiger partial charge in [-0.3, -0.25) is 0 Å². The average Bonchev–Trinajstić information content (AvgIpc) is 1.38. The van der Waals surface area contributed by atoms with Crippen LogP contribution in [0.1, 0.15) is 13.8 Å². The van der Waals surface area contributed by atoms with Gasteiger partial charge in [0, 0.05) is 0 Å². The second kappa shape index (κ2) is 6.60. The van der Waals surface area contributed by atoms with Crippen LogP contribution >= 0.6 is 0 Å². The van der Waals surface area contributed by atoms with E-state index >= 15 is 0 Å². The maximum absolute atomic E-state index is 9.63. The van der Waals surface area contributed by atoms with Gasteiger partial charge in [-0.15, -0.1) is 6.61 Å². The fourth-order valence-corrected chi connectivity index (χ4v) is 0. The van der Waals surface area contributed by atoms with Crippen LogP contribution in [-0.4, -0.2) is 6.61 Å². The van der Waals surface area contributed by atoms with Gasteiger partial charge in [-0.25, -0.2) is 0 Å². The molecule has 0 aromatic rings. The van der Waals surface area contributed by atoms with Gasteiger partial charge in [-0.2, -0.15) is 0 Å². The van der Waals surface area contributed by atoms with Crippen LogP contribution in [-0.2, 0) is 0 Å². The maximum Gasteiger partial charge on any atom is 1.00 e. The van der Waals surface area contributed by atoms with Gasteiger partial charge in [-0.05, 0) is 0 Å². The van der Waals surface area contributed by atoms with Crippen LogP contribution in [0.15, 0.2) is 0 Å². The molecule has 0 aliphatic carbocycles. The normalized spacial score (nSPS) is 8.00. The van der Waals surface area contributed by atoms with Crippen LogP contribution in [0.3, 0.4) is 0 Å². The van der Waals surface area contributed by atoms with E-state index in [1.54, 1.807) is 0 Å². The van der Waals surface area contributed by atoms with Crippen LogP contribution in [0.2, 0.25) is 0 Å². The summed E-state index contributed by atoms with van der Waals surface area (Å²) in [5.41, 5.74) is 0. The van der Waals surface area contributed by atoms with Crippen molar-refractivity contribution in [1.29, 1.82) is 0 Å². The molecular weight excluding hydrogens is 103 g/mol. The van der Waals surface area contributed by atoms with E-state index in [0.717, 1.165) is 0 Å². The van der Waals surface area contributed by atoms with Gasteiger partial charge in [0.15, 0.2) is 0 Å². The molecule has 1 nitrogen and oxygen atoms in total. The van der Waals surface area contributed by atoms with E-state index < -0.39 is 0 Å². The van der Waals surface area contributed by atoms with E-state index in [0.29, 0.717) is 5.92 Å². The second-order valence-electron chi connectivity index (χ2n) is 1.56. The Bertz CT molecular complexity index is 21.5. The van der Waals surface area contributed by atoms with Crippen molar-refractivity contribution in [3.63, 3.8) is 0 Å². The standard InChI is InChI=1S/C4H9O.K/c1-4(2)3-5;/h4H,3H2,1-2H3;/q-1;+1. The predicted octanol–water partition coefficient (Wildman–Crippen LogP) is -2.99. The Morgan fingerprint density at radius 1 is 1.50 bits per heavy atom. The minimum Gasteiger partial charge on any atom is -0.854 e. The topological polar surface area (TPSA) is 23.1 Å². The summed E-state index contributed by atoms with van der Waals surface area (Å²) in [4.78, 5) is 0. The molecule has 0 rings (SSSR count). The largest absolute Gasteiger partial charge is 1.00 e. The number of hydrogen-bond acceptors (Lipinski definition) is 1. The summed E-state index contributed by atoms with van der Waals surface area (Å²) in [6.07, 6.45) is 0. The first-order valence-electron chi connectivity index (χ1n) is 1.85. The van der Waals surface area contributed by atoms with E-state index in [4.69, 9.17) is 0 Å². The molecule has 0 amide bonds. The maximum atomic E-state index is 9.63. The average molecular weight is 112 g/mol. The molecule has 6 heavy (non-hydrogen) atoms. The third kappa shape index (κ3) is 9.14. The van der Waals surface area contributed by atoms with E-state index in [1.807, 2.05) is 13.8 Å². The molecule has 0 radical (unpaired) electrons. The molecule has 0 bridgehead atoms. The molecular formula is C4H9KO. The molecule has 0 aromatic carbocycles. The molecule has 0 heterocycles. The van der Waals surface area contributed by atoms with Gasteiger partial charge in [0.25, 0.3) is 0 Å². The summed E-state index contributed by atoms with van der Waals surface area (Å²) < 4.78 is 0. The molecule has 0 unspecified atom stereocenters. The third-order valence-corrected chi connectivity index (χ3v) is 0.333. The summed E-state index contributed by atoms with van der Waals surface area (Å²) in [7, 11) is 0. The molecule has 0 aliphatic rings. The first-order chi connectivity index (χ1) is 2.27. The summed E-state index contributed by atoms with van der Waals surface area (Å²) in [6, 6.07) is 0. The molecule has 0 fully saturated rings. The van der Waals surface area contributed by atoms with Crippen molar-refractivity contribution in [3.8, 4) is 0 Å². The first-order valence-corrected chi connectivity index (χ1v) is 1.85. The van der Waals surface area contributed by atoms with E-state index in [-0.39, 0.29) is 58.0 Å². The minimum atomic E-state index is 0. The first kappa shape index (κ1) is 10.6. The number of rotatable bonds is 1. The van der Waals surface area contributed by atoms with Crippen molar-refractivity contribution >= 4 is 0 Å². The fourth-order valence-electron chi connectivity index (χ4n) is 0. The molecule has 0 N–H and O–H groups in total. The van der Waals surface area contributed by atoms with E-state index in [9.17, 15) is 5.11 Å². The van der Waals surface area contributed by atoms with Gasteiger partial charge >= 0.3 is 51.4 Å². The van der Waals surface area contributed by atoms with Crippen molar-refractivity contribution in [2.45, 2.75) is 13.8 Å². The van der Waals surface area contributed by atoms with Crippen LogP contribution in [0, 0.1) is 5.92 Å². The zero-order valence-corrected chi connectivity index (χ0v) is 7.82. The van der Waals surface area contributed by atoms with Crippen LogP contribution in [0.4, 0.5) is 0 Å². The Hall–Kier alpha value is 1.60. The van der Waals surface area contributed by atoms with Crippen molar-refractivity contribution < 1.29 is 56.5 Å². The Morgan fingerprint density at radius 2 is 1.67 bits per heavy atom.